The molecule has 0 saturated carbocycles. The second-order valence-electron chi connectivity index (χ2n) is 7.94. The first-order chi connectivity index (χ1) is 15.7. The summed E-state index contributed by atoms with van der Waals surface area (Å²) in [6.07, 6.45) is 5.18. The van der Waals surface area contributed by atoms with Crippen LogP contribution >= 0.6 is 0 Å². The number of rotatable bonds is 0. The Morgan fingerprint density at radius 1 is 0.969 bits per heavy atom. The Hall–Kier alpha value is -3.59. The molecule has 0 spiro atoms. The second kappa shape index (κ2) is 9.27. The molecule has 164 valence electrons. The molecule has 2 aromatic heterocycles. The number of nitrogens with one attached hydrogen (secondary N) is 1. The van der Waals surface area contributed by atoms with Crippen molar-refractivity contribution in [1.29, 1.82) is 0 Å². The first-order valence-electron chi connectivity index (χ1n) is 10.9. The Labute approximate surface area is 186 Å². The number of nitrogens with zero attached hydrogens (tertiary/aromatic N) is 6. The number of aromatic nitrogens is 4. The summed E-state index contributed by atoms with van der Waals surface area (Å²) < 4.78 is 5.77. The maximum atomic E-state index is 12.6. The van der Waals surface area contributed by atoms with Gasteiger partial charge in [0.05, 0.1) is 0 Å². The molecule has 0 aliphatic carbocycles. The average molecular weight is 432 g/mol. The molecule has 3 aliphatic rings. The van der Waals surface area contributed by atoms with Gasteiger partial charge >= 0.3 is 0 Å². The standard InChI is InChI=1S/C23H25N7O2/c31-21-15-32-20-5-1-3-19(14-20)27-23-26-16-25-22(28-23)17-6-7-24-18(13-17)4-2-8-29-9-11-30(21)12-10-29/h1,3,5-7,13-14,16H,2,4,8-12,15H2,(H,25,26,27,28). The number of anilines is 2. The van der Waals surface area contributed by atoms with E-state index in [-0.39, 0.29) is 12.5 Å². The van der Waals surface area contributed by atoms with Crippen molar-refractivity contribution < 1.29 is 9.53 Å². The van der Waals surface area contributed by atoms with E-state index < -0.39 is 0 Å². The first kappa shape index (κ1) is 20.3. The van der Waals surface area contributed by atoms with E-state index in [1.54, 1.807) is 6.20 Å². The third kappa shape index (κ3) is 4.83. The Balaban J connectivity index is 1.43. The van der Waals surface area contributed by atoms with Gasteiger partial charge in [0.15, 0.2) is 12.4 Å². The van der Waals surface area contributed by atoms with Gasteiger partial charge in [0, 0.05) is 55.4 Å². The van der Waals surface area contributed by atoms with Gasteiger partial charge < -0.3 is 15.0 Å². The highest BCUT2D eigenvalue weighted by Crippen LogP contribution is 2.22. The Kier molecular flexibility index (Phi) is 5.89. The molecule has 0 unspecified atom stereocenters. The molecule has 3 aliphatic heterocycles. The van der Waals surface area contributed by atoms with Crippen LogP contribution in [0.15, 0.2) is 48.9 Å². The number of carbonyl (C=O) groups is 1. The van der Waals surface area contributed by atoms with Crippen LogP contribution in [0.1, 0.15) is 12.1 Å². The Bertz CT molecular complexity index is 1100. The quantitative estimate of drug-likeness (QED) is 0.578. The summed E-state index contributed by atoms with van der Waals surface area (Å²) in [5, 5.41) is 3.19. The van der Waals surface area contributed by atoms with Gasteiger partial charge in [-0.2, -0.15) is 4.98 Å². The molecule has 1 fully saturated rings. The molecule has 5 heterocycles. The van der Waals surface area contributed by atoms with Crippen LogP contribution in [0.3, 0.4) is 0 Å². The van der Waals surface area contributed by atoms with Crippen LogP contribution in [0.2, 0.25) is 0 Å². The zero-order valence-corrected chi connectivity index (χ0v) is 17.8. The fraction of sp³-hybridized carbons (Fsp3) is 0.348. The fourth-order valence-electron chi connectivity index (χ4n) is 3.98. The fourth-order valence-corrected chi connectivity index (χ4v) is 3.98. The number of hydrogen-bond donors (Lipinski definition) is 1. The van der Waals surface area contributed by atoms with E-state index in [2.05, 4.69) is 30.2 Å². The zero-order chi connectivity index (χ0) is 21.8. The number of ether oxygens (including phenoxy) is 1. The van der Waals surface area contributed by atoms with Crippen LogP contribution in [0.4, 0.5) is 11.6 Å². The molecular formula is C23H25N7O2. The van der Waals surface area contributed by atoms with Crippen molar-refractivity contribution in [3.05, 3.63) is 54.6 Å². The number of hydrogen-bond acceptors (Lipinski definition) is 8. The molecule has 1 aromatic carbocycles. The van der Waals surface area contributed by atoms with Gasteiger partial charge in [-0.1, -0.05) is 6.07 Å². The summed E-state index contributed by atoms with van der Waals surface area (Å²) in [4.78, 5) is 34.5. The van der Waals surface area contributed by atoms with Crippen molar-refractivity contribution in [2.45, 2.75) is 12.8 Å². The summed E-state index contributed by atoms with van der Waals surface area (Å²) in [7, 11) is 0. The molecule has 9 heteroatoms. The summed E-state index contributed by atoms with van der Waals surface area (Å²) in [6.45, 7) is 4.24. The summed E-state index contributed by atoms with van der Waals surface area (Å²) in [5.41, 5.74) is 2.70. The second-order valence-corrected chi connectivity index (χ2v) is 7.94. The highest BCUT2D eigenvalue weighted by molar-refractivity contribution is 5.78. The van der Waals surface area contributed by atoms with Gasteiger partial charge in [-0.05, 0) is 43.7 Å². The molecule has 32 heavy (non-hydrogen) atoms. The minimum absolute atomic E-state index is 0.0144. The molecule has 9 nitrogen and oxygen atoms in total. The van der Waals surface area contributed by atoms with Gasteiger partial charge in [-0.15, -0.1) is 0 Å². The minimum atomic E-state index is 0.0144. The lowest BCUT2D eigenvalue weighted by Crippen LogP contribution is -2.50. The monoisotopic (exact) mass is 431 g/mol. The van der Waals surface area contributed by atoms with Crippen molar-refractivity contribution in [2.24, 2.45) is 0 Å². The van der Waals surface area contributed by atoms with E-state index in [9.17, 15) is 4.79 Å². The van der Waals surface area contributed by atoms with Crippen molar-refractivity contribution in [1.82, 2.24) is 29.7 Å². The van der Waals surface area contributed by atoms with Gasteiger partial charge in [-0.25, -0.2) is 9.97 Å². The van der Waals surface area contributed by atoms with E-state index in [4.69, 9.17) is 4.74 Å². The molecule has 0 atom stereocenters. The largest absolute Gasteiger partial charge is 0.484 e. The Morgan fingerprint density at radius 2 is 1.88 bits per heavy atom. The maximum absolute atomic E-state index is 12.6. The highest BCUT2D eigenvalue weighted by Gasteiger charge is 2.21. The van der Waals surface area contributed by atoms with Crippen molar-refractivity contribution in [3.8, 4) is 17.1 Å². The number of piperazine rings is 1. The van der Waals surface area contributed by atoms with E-state index in [0.29, 0.717) is 17.5 Å². The smallest absolute Gasteiger partial charge is 0.260 e. The SMILES string of the molecule is O=C1COc2cccc(c2)Nc2ncnc(n2)-c2ccnc(c2)CCCN2CCN1CC2. The molecular weight excluding hydrogens is 406 g/mol. The van der Waals surface area contributed by atoms with Crippen molar-refractivity contribution in [2.75, 3.05) is 44.6 Å². The molecule has 1 amide bonds. The summed E-state index contributed by atoms with van der Waals surface area (Å²) in [6, 6.07) is 11.4. The lowest BCUT2D eigenvalue weighted by Gasteiger charge is -2.34. The van der Waals surface area contributed by atoms with E-state index in [0.717, 1.165) is 62.5 Å². The third-order valence-electron chi connectivity index (χ3n) is 5.73. The molecule has 1 N–H and O–H groups in total. The van der Waals surface area contributed by atoms with Crippen molar-refractivity contribution in [3.63, 3.8) is 0 Å². The Morgan fingerprint density at radius 3 is 2.78 bits per heavy atom. The summed E-state index contributed by atoms with van der Waals surface area (Å²) >= 11 is 0. The predicted octanol–water partition coefficient (Wildman–Crippen LogP) is 2.15. The van der Waals surface area contributed by atoms with Gasteiger partial charge in [0.25, 0.3) is 5.91 Å². The molecule has 8 bridgehead atoms. The van der Waals surface area contributed by atoms with Crippen LogP contribution < -0.4 is 10.1 Å². The van der Waals surface area contributed by atoms with Gasteiger partial charge in [-0.3, -0.25) is 14.7 Å². The van der Waals surface area contributed by atoms with Gasteiger partial charge in [0.1, 0.15) is 12.1 Å². The number of carbonyl (C=O) groups excluding carboxylic acids is 1. The van der Waals surface area contributed by atoms with Crippen LogP contribution in [0.25, 0.3) is 11.4 Å². The lowest BCUT2D eigenvalue weighted by molar-refractivity contribution is -0.135. The minimum Gasteiger partial charge on any atom is -0.484 e. The average Bonchev–Trinajstić information content (AvgIpc) is 2.83. The number of aryl methyl sites for hydroxylation is 1. The molecule has 1 saturated heterocycles. The van der Waals surface area contributed by atoms with E-state index in [1.807, 2.05) is 41.3 Å². The van der Waals surface area contributed by atoms with Crippen LogP contribution in [-0.2, 0) is 11.2 Å². The summed E-state index contributed by atoms with van der Waals surface area (Å²) in [5.74, 6) is 1.66. The van der Waals surface area contributed by atoms with E-state index >= 15 is 0 Å². The van der Waals surface area contributed by atoms with Crippen LogP contribution in [-0.4, -0.2) is 75.0 Å². The molecule has 6 rings (SSSR count). The zero-order valence-electron chi connectivity index (χ0n) is 17.8. The number of amides is 1. The molecule has 0 radical (unpaired) electrons. The van der Waals surface area contributed by atoms with Crippen LogP contribution in [0.5, 0.6) is 5.75 Å². The predicted molar refractivity (Wildman–Crippen MR) is 120 cm³/mol. The van der Waals surface area contributed by atoms with E-state index in [1.165, 1.54) is 6.33 Å². The molecule has 3 aromatic rings. The number of benzene rings is 1. The highest BCUT2D eigenvalue weighted by atomic mass is 16.5. The van der Waals surface area contributed by atoms with Crippen LogP contribution in [0, 0.1) is 0 Å². The number of pyridine rings is 1. The maximum Gasteiger partial charge on any atom is 0.260 e. The third-order valence-corrected chi connectivity index (χ3v) is 5.73. The normalized spacial score (nSPS) is 17.4. The topological polar surface area (TPSA) is 96.4 Å². The lowest BCUT2D eigenvalue weighted by atomic mass is 10.1. The first-order valence-corrected chi connectivity index (χ1v) is 10.9. The van der Waals surface area contributed by atoms with Crippen molar-refractivity contribution >= 4 is 17.5 Å². The number of fused-ring (bicyclic) bond motifs is 6. The van der Waals surface area contributed by atoms with Gasteiger partial charge in [0.2, 0.25) is 5.95 Å².